The monoisotopic (exact) mass is 305 g/mol. The Labute approximate surface area is 124 Å². The van der Waals surface area contributed by atoms with Crippen LogP contribution < -0.4 is 11.0 Å². The van der Waals surface area contributed by atoms with E-state index in [2.05, 4.69) is 15.0 Å². The topological polar surface area (TPSA) is 133 Å². The second kappa shape index (κ2) is 5.20. The van der Waals surface area contributed by atoms with Crippen molar-refractivity contribution in [2.24, 2.45) is 9.98 Å². The first-order valence-corrected chi connectivity index (χ1v) is 6.67. The van der Waals surface area contributed by atoms with E-state index in [4.69, 9.17) is 10.1 Å². The Morgan fingerprint density at radius 3 is 2.73 bits per heavy atom. The van der Waals surface area contributed by atoms with Crippen LogP contribution in [0.5, 0.6) is 0 Å². The summed E-state index contributed by atoms with van der Waals surface area (Å²) in [6.07, 6.45) is -3.13. The average molecular weight is 305 g/mol. The van der Waals surface area contributed by atoms with Gasteiger partial charge in [-0.25, -0.2) is 15.0 Å². The van der Waals surface area contributed by atoms with E-state index < -0.39 is 24.5 Å². The molecule has 9 heteroatoms. The summed E-state index contributed by atoms with van der Waals surface area (Å²) in [6.45, 7) is 3.62. The molecule has 0 aromatic carbocycles. The SMILES string of the molecule is CC(C)=c1nc2c(n1[C@@H]1O[C@H](C=O)[C@@H](O)[C@H]1O)=NC=NC2=N. The van der Waals surface area contributed by atoms with Crippen molar-refractivity contribution >= 4 is 24.0 Å². The highest BCUT2D eigenvalue weighted by Crippen LogP contribution is 2.26. The van der Waals surface area contributed by atoms with E-state index >= 15 is 0 Å². The second-order valence-electron chi connectivity index (χ2n) is 5.31. The fourth-order valence-corrected chi connectivity index (χ4v) is 2.51. The molecule has 1 fully saturated rings. The number of nitrogens with zero attached hydrogens (tertiary/aromatic N) is 4. The van der Waals surface area contributed by atoms with Crippen LogP contribution in [0.2, 0.25) is 0 Å². The van der Waals surface area contributed by atoms with Crippen LogP contribution in [0.15, 0.2) is 9.98 Å². The standard InChI is InChI=1S/C13H15N5O4/c1-5(2)11-17-7-10(14)15-4-16-12(7)18(11)13-9(21)8(20)6(3-19)22-13/h3-4,6,8-9,13-14,20-21H,1-2H3/t6-,8-,9-,13-/m1/s1. The van der Waals surface area contributed by atoms with E-state index in [1.807, 2.05) is 13.8 Å². The molecule has 2 aliphatic rings. The largest absolute Gasteiger partial charge is 0.387 e. The van der Waals surface area contributed by atoms with Gasteiger partial charge in [-0.1, -0.05) is 0 Å². The number of rotatable bonds is 2. The van der Waals surface area contributed by atoms with E-state index in [9.17, 15) is 15.0 Å². The molecule has 0 aliphatic carbocycles. The zero-order chi connectivity index (χ0) is 16.0. The Morgan fingerprint density at radius 1 is 1.41 bits per heavy atom. The molecular weight excluding hydrogens is 290 g/mol. The van der Waals surface area contributed by atoms with Gasteiger partial charge < -0.3 is 19.7 Å². The van der Waals surface area contributed by atoms with Gasteiger partial charge in [0.15, 0.2) is 29.5 Å². The first-order chi connectivity index (χ1) is 10.5. The van der Waals surface area contributed by atoms with Crippen LogP contribution in [0.4, 0.5) is 0 Å². The molecule has 9 nitrogen and oxygen atoms in total. The molecule has 0 bridgehead atoms. The lowest BCUT2D eigenvalue weighted by Gasteiger charge is -2.17. The van der Waals surface area contributed by atoms with E-state index in [-0.39, 0.29) is 11.5 Å². The molecule has 0 spiro atoms. The van der Waals surface area contributed by atoms with Gasteiger partial charge in [0.25, 0.3) is 0 Å². The van der Waals surface area contributed by atoms with Crippen LogP contribution in [-0.4, -0.2) is 56.5 Å². The van der Waals surface area contributed by atoms with Crippen LogP contribution in [0, 0.1) is 5.41 Å². The minimum Gasteiger partial charge on any atom is -0.387 e. The number of aliphatic hydroxyl groups excluding tert-OH is 2. The summed E-state index contributed by atoms with van der Waals surface area (Å²) in [5, 5.41) is 27.9. The number of aliphatic imine (C=N–C) groups is 1. The number of ether oxygens (including phenoxy) is 1. The highest BCUT2D eigenvalue weighted by atomic mass is 16.6. The number of carbonyl (C=O) groups excluding carboxylic acids is 1. The van der Waals surface area contributed by atoms with E-state index in [0.717, 1.165) is 5.57 Å². The molecule has 3 rings (SSSR count). The Balaban J connectivity index is 2.25. The smallest absolute Gasteiger partial charge is 0.176 e. The summed E-state index contributed by atoms with van der Waals surface area (Å²) in [4.78, 5) is 23.1. The number of hydrogen-bond acceptors (Lipinski definition) is 7. The number of aldehydes is 1. The van der Waals surface area contributed by atoms with Gasteiger partial charge in [-0.15, -0.1) is 0 Å². The number of fused-ring (bicyclic) bond motifs is 1. The summed E-state index contributed by atoms with van der Waals surface area (Å²) in [6, 6.07) is 0. The number of aliphatic hydroxyl groups is 2. The molecule has 116 valence electrons. The van der Waals surface area contributed by atoms with Gasteiger partial charge in [0, 0.05) is 0 Å². The third-order valence-electron chi connectivity index (χ3n) is 3.59. The van der Waals surface area contributed by atoms with Gasteiger partial charge in [0.1, 0.15) is 30.1 Å². The van der Waals surface area contributed by atoms with E-state index in [1.54, 1.807) is 0 Å². The fraction of sp³-hybridized carbons (Fsp3) is 0.462. The maximum atomic E-state index is 10.9. The molecule has 0 amide bonds. The lowest BCUT2D eigenvalue weighted by Crippen LogP contribution is -2.40. The van der Waals surface area contributed by atoms with Gasteiger partial charge in [-0.3, -0.25) is 9.98 Å². The minimum absolute atomic E-state index is 0.0498. The number of aromatic nitrogens is 2. The molecule has 3 heterocycles. The van der Waals surface area contributed by atoms with Gasteiger partial charge in [-0.05, 0) is 19.4 Å². The van der Waals surface area contributed by atoms with Crippen molar-refractivity contribution in [2.45, 2.75) is 38.4 Å². The van der Waals surface area contributed by atoms with Crippen molar-refractivity contribution in [2.75, 3.05) is 0 Å². The first kappa shape index (κ1) is 14.7. The number of hydrogen-bond donors (Lipinski definition) is 3. The zero-order valence-corrected chi connectivity index (χ0v) is 12.0. The van der Waals surface area contributed by atoms with Gasteiger partial charge in [0.05, 0.1) is 0 Å². The van der Waals surface area contributed by atoms with Gasteiger partial charge >= 0.3 is 0 Å². The molecule has 3 N–H and O–H groups in total. The Morgan fingerprint density at radius 2 is 2.14 bits per heavy atom. The van der Waals surface area contributed by atoms with Crippen LogP contribution >= 0.6 is 0 Å². The molecule has 22 heavy (non-hydrogen) atoms. The van der Waals surface area contributed by atoms with E-state index in [0.29, 0.717) is 17.3 Å². The number of amidine groups is 1. The summed E-state index contributed by atoms with van der Waals surface area (Å²) in [5.41, 5.74) is 1.82. The summed E-state index contributed by atoms with van der Waals surface area (Å²) >= 11 is 0. The third kappa shape index (κ3) is 2.02. The van der Waals surface area contributed by atoms with Crippen LogP contribution in [0.3, 0.4) is 0 Å². The molecule has 1 saturated heterocycles. The molecule has 2 aliphatic heterocycles. The summed E-state index contributed by atoms with van der Waals surface area (Å²) in [5.74, 6) is -0.0498. The van der Waals surface area contributed by atoms with Crippen molar-refractivity contribution in [1.82, 2.24) is 9.55 Å². The number of nitrogens with one attached hydrogen (secondary N) is 1. The van der Waals surface area contributed by atoms with E-state index in [1.165, 1.54) is 10.9 Å². The summed E-state index contributed by atoms with van der Waals surface area (Å²) < 4.78 is 6.93. The molecule has 1 aromatic heterocycles. The Bertz CT molecular complexity index is 792. The van der Waals surface area contributed by atoms with Crippen molar-refractivity contribution in [3.63, 3.8) is 0 Å². The lowest BCUT2D eigenvalue weighted by molar-refractivity contribution is -0.122. The predicted octanol–water partition coefficient (Wildman–Crippen LogP) is -2.12. The highest BCUT2D eigenvalue weighted by molar-refractivity contribution is 6.00. The second-order valence-corrected chi connectivity index (χ2v) is 5.31. The maximum absolute atomic E-state index is 10.9. The summed E-state index contributed by atoms with van der Waals surface area (Å²) in [7, 11) is 0. The minimum atomic E-state index is -1.33. The van der Waals surface area contributed by atoms with Crippen LogP contribution in [-0.2, 0) is 9.53 Å². The average Bonchev–Trinajstić information content (AvgIpc) is 3.00. The van der Waals surface area contributed by atoms with Crippen molar-refractivity contribution in [3.8, 4) is 0 Å². The van der Waals surface area contributed by atoms with Gasteiger partial charge in [-0.2, -0.15) is 0 Å². The van der Waals surface area contributed by atoms with Crippen molar-refractivity contribution in [3.05, 3.63) is 16.7 Å². The first-order valence-electron chi connectivity index (χ1n) is 6.67. The molecule has 0 radical (unpaired) electrons. The maximum Gasteiger partial charge on any atom is 0.176 e. The molecule has 1 aromatic rings. The normalized spacial score (nSPS) is 30.1. The Kier molecular flexibility index (Phi) is 3.47. The quantitative estimate of drug-likeness (QED) is 0.537. The molecule has 0 unspecified atom stereocenters. The fourth-order valence-electron chi connectivity index (χ4n) is 2.51. The van der Waals surface area contributed by atoms with Crippen molar-refractivity contribution < 1.29 is 19.7 Å². The lowest BCUT2D eigenvalue weighted by atomic mass is 10.1. The molecule has 0 saturated carbocycles. The van der Waals surface area contributed by atoms with Crippen LogP contribution in [0.25, 0.3) is 5.57 Å². The Hall–Kier alpha value is -2.23. The highest BCUT2D eigenvalue weighted by Gasteiger charge is 2.44. The molecular formula is C13H15N5O4. The van der Waals surface area contributed by atoms with Crippen molar-refractivity contribution in [1.29, 1.82) is 5.41 Å². The third-order valence-corrected chi connectivity index (χ3v) is 3.59. The van der Waals surface area contributed by atoms with Crippen LogP contribution in [0.1, 0.15) is 25.8 Å². The predicted molar refractivity (Wildman–Crippen MR) is 75.1 cm³/mol. The zero-order valence-electron chi connectivity index (χ0n) is 12.0. The van der Waals surface area contributed by atoms with Gasteiger partial charge in [0.2, 0.25) is 0 Å². The molecule has 4 atom stereocenters. The number of carbonyl (C=O) groups is 1. The number of imidazole rings is 1.